The molecular weight excluding hydrogens is 1790 g/mol. The van der Waals surface area contributed by atoms with Crippen LogP contribution < -0.4 is 36.1 Å². The largest absolute Gasteiger partial charge is 0.573 e. The molecule has 15 rings (SSSR count). The Labute approximate surface area is 796 Å². The van der Waals surface area contributed by atoms with Gasteiger partial charge in [0.2, 0.25) is 59.3 Å². The zero-order chi connectivity index (χ0) is 102. The standard InChI is InChI=1S/C23H30N4O3.C21H21F3N4O2.C21H23F3N4O2.C18H28N4O3.C17H24N4O2/c1-21(2,3)27-19-16(12-13-17(25-19)22(4,5)29)24-20(27)26-18(28)14-23(6,30)15-10-8-7-9-11-15;1-13-4-9-16-18(25-13)28(14-5-7-15(8-6-14)30-21(22,23)24)19(26-16)27-17(29)12-20(2)10-3-11-20;1-13-5-10-16-18(25-13)28(19(26-16)27-17(29)11-20(2,3)4)14-6-8-15(9-7-14)30-12-21(22,23)24;1-16(2,3)22-14-11(8-9-12(20-14)18(6,7)25)19-15(22)21-13(23)10-17(4,5)24;1-4-17(3,23)10-14(22)20-16-19-13-9-8-11(2)18-15(13)21(16)12-6-5-7-12/h7-13,29-30H,14H2,1-6H3,(H,24,26,28);4-9H,3,10-12H2,1-2H3,(H,26,27,29);5-10H,11-12H2,1-4H3,(H,26,27,29);8-9,24-25H,10H2,1-7H3,(H,19,21,23);8-9,12,23H,4-7,10H2,1-3H3,(H,19,20,22)/t23-;;;;/m0..../s1. The van der Waals surface area contributed by atoms with Crippen molar-refractivity contribution in [2.75, 3.05) is 33.2 Å². The SMILES string of the molecule is CC(C)(O)CC(=O)Nc1nc2ccc(C(C)(C)O)nc2n1C(C)(C)C.CC(C)(O)c1ccc2nc(NC(=O)C[C@](C)(O)c3ccccc3)n(C(C)(C)C)c2n1.CCC(C)(O)CC(=O)Nc1nc2ccc(C)nc2n1C1CCC1.Cc1ccc2nc(NC(=O)CC(C)(C)C)n(-c3ccc(OCC(F)(F)F)cc3)c2n1.Cc1ccc2nc(NC(=O)CC3(C)CCC3)n(-c3ccc(OC(F)(F)F)cc3)c2n1. The Kier molecular flexibility index (Phi) is 31.4. The van der Waals surface area contributed by atoms with Gasteiger partial charge >= 0.3 is 12.5 Å². The van der Waals surface area contributed by atoms with E-state index in [-0.39, 0.29) is 77.1 Å². The lowest BCUT2D eigenvalue weighted by atomic mass is 9.68. The van der Waals surface area contributed by atoms with Gasteiger partial charge in [0.05, 0.1) is 58.8 Å². The molecule has 3 aromatic carbocycles. The lowest BCUT2D eigenvalue weighted by molar-refractivity contribution is -0.274. The van der Waals surface area contributed by atoms with Gasteiger partial charge in [-0.3, -0.25) is 73.4 Å². The molecule has 0 saturated heterocycles. The van der Waals surface area contributed by atoms with Crippen LogP contribution in [0.3, 0.4) is 0 Å². The van der Waals surface area contributed by atoms with E-state index in [9.17, 15) is 75.8 Å². The van der Waals surface area contributed by atoms with Crippen LogP contribution in [-0.4, -0.2) is 158 Å². The molecule has 740 valence electrons. The van der Waals surface area contributed by atoms with E-state index in [1.807, 2.05) is 140 Å². The number of aromatic nitrogens is 15. The number of anilines is 5. The van der Waals surface area contributed by atoms with Gasteiger partial charge in [-0.2, -0.15) is 13.2 Å². The number of rotatable bonds is 24. The van der Waals surface area contributed by atoms with Crippen LogP contribution in [0, 0.1) is 31.6 Å². The van der Waals surface area contributed by atoms with Crippen molar-refractivity contribution in [1.82, 2.24) is 72.7 Å². The van der Waals surface area contributed by atoms with E-state index in [0.29, 0.717) is 122 Å². The van der Waals surface area contributed by atoms with Crippen LogP contribution in [-0.2, 0) is 51.9 Å². The van der Waals surface area contributed by atoms with E-state index in [4.69, 9.17) is 4.74 Å². The zero-order valence-corrected chi connectivity index (χ0v) is 82.1. The number of imidazole rings is 5. The third-order valence-corrected chi connectivity index (χ3v) is 22.7. The summed E-state index contributed by atoms with van der Waals surface area (Å²) < 4.78 is 92.1. The third kappa shape index (κ3) is 28.2. The van der Waals surface area contributed by atoms with E-state index in [2.05, 4.69) is 88.1 Å². The molecular formula is C100H126F6N20O12. The number of fused-ring (bicyclic) bond motifs is 5. The van der Waals surface area contributed by atoms with E-state index >= 15 is 0 Å². The number of aliphatic hydroxyl groups is 5. The first kappa shape index (κ1) is 106. The summed E-state index contributed by atoms with van der Waals surface area (Å²) in [6, 6.07) is 39.0. The van der Waals surface area contributed by atoms with Crippen LogP contribution in [0.2, 0.25) is 0 Å². The van der Waals surface area contributed by atoms with Gasteiger partial charge in [-0.1, -0.05) is 71.4 Å². The summed E-state index contributed by atoms with van der Waals surface area (Å²) in [7, 11) is 0. The summed E-state index contributed by atoms with van der Waals surface area (Å²) in [5.41, 5.74) is 4.88. The van der Waals surface area contributed by atoms with E-state index in [1.54, 1.807) is 131 Å². The smallest absolute Gasteiger partial charge is 0.484 e. The molecule has 2 atom stereocenters. The van der Waals surface area contributed by atoms with Crippen molar-refractivity contribution < 1.29 is 85.3 Å². The highest BCUT2D eigenvalue weighted by atomic mass is 19.4. The van der Waals surface area contributed by atoms with E-state index in [0.717, 1.165) is 60.3 Å². The van der Waals surface area contributed by atoms with Crippen molar-refractivity contribution in [1.29, 1.82) is 0 Å². The number of hydrogen-bond acceptors (Lipinski definition) is 22. The number of halogens is 6. The monoisotopic (exact) mass is 1910 g/mol. The fraction of sp³-hybridized carbons (Fsp3) is 0.470. The van der Waals surface area contributed by atoms with Crippen LogP contribution >= 0.6 is 0 Å². The quantitative estimate of drug-likeness (QED) is 0.0251. The number of carbonyl (C=O) groups excluding carboxylic acids is 5. The minimum Gasteiger partial charge on any atom is -0.484 e. The lowest BCUT2D eigenvalue weighted by Gasteiger charge is -2.37. The Balaban J connectivity index is 0.000000166. The van der Waals surface area contributed by atoms with Crippen LogP contribution in [0.1, 0.15) is 249 Å². The predicted octanol–water partition coefficient (Wildman–Crippen LogP) is 19.3. The van der Waals surface area contributed by atoms with Crippen molar-refractivity contribution >= 4 is 115 Å². The maximum atomic E-state index is 12.8. The number of carbonyl (C=O) groups is 5. The maximum absolute atomic E-state index is 12.8. The molecule has 1 unspecified atom stereocenters. The second-order valence-corrected chi connectivity index (χ2v) is 41.0. The Morgan fingerprint density at radius 3 is 1.20 bits per heavy atom. The van der Waals surface area contributed by atoms with Gasteiger partial charge in [0, 0.05) is 47.0 Å². The van der Waals surface area contributed by atoms with Gasteiger partial charge in [-0.15, -0.1) is 13.2 Å². The average molecular weight is 1910 g/mol. The molecule has 13 aromatic rings. The van der Waals surface area contributed by atoms with Crippen LogP contribution in [0.4, 0.5) is 56.1 Å². The molecule has 0 radical (unpaired) electrons. The number of amides is 5. The predicted molar refractivity (Wildman–Crippen MR) is 517 cm³/mol. The van der Waals surface area contributed by atoms with Crippen molar-refractivity contribution in [2.45, 2.75) is 287 Å². The first-order valence-corrected chi connectivity index (χ1v) is 45.6. The van der Waals surface area contributed by atoms with Gasteiger partial charge in [0.15, 0.2) is 34.8 Å². The van der Waals surface area contributed by atoms with Crippen molar-refractivity contribution in [3.8, 4) is 22.9 Å². The second-order valence-electron chi connectivity index (χ2n) is 41.0. The minimum atomic E-state index is -4.77. The van der Waals surface area contributed by atoms with E-state index < -0.39 is 58.2 Å². The number of alkyl halides is 6. The number of benzene rings is 3. The molecule has 2 aliphatic rings. The van der Waals surface area contributed by atoms with E-state index in [1.165, 1.54) is 42.8 Å². The van der Waals surface area contributed by atoms with Gasteiger partial charge in [-0.25, -0.2) is 49.8 Å². The van der Waals surface area contributed by atoms with Crippen molar-refractivity contribution in [3.63, 3.8) is 0 Å². The molecule has 0 spiro atoms. The molecule has 2 aliphatic carbocycles. The summed E-state index contributed by atoms with van der Waals surface area (Å²) in [4.78, 5) is 108. The third-order valence-electron chi connectivity index (χ3n) is 22.7. The number of nitrogens with one attached hydrogen (secondary N) is 5. The summed E-state index contributed by atoms with van der Waals surface area (Å²) in [5, 5.41) is 65.5. The molecule has 10 heterocycles. The summed E-state index contributed by atoms with van der Waals surface area (Å²) in [6.07, 6.45) is -1.56. The molecule has 10 N–H and O–H groups in total. The molecule has 32 nitrogen and oxygen atoms in total. The molecule has 2 fully saturated rings. The van der Waals surface area contributed by atoms with Crippen LogP contribution in [0.25, 0.3) is 67.2 Å². The number of pyridine rings is 5. The second kappa shape index (κ2) is 41.0. The van der Waals surface area contributed by atoms with Crippen molar-refractivity contribution in [2.24, 2.45) is 10.8 Å². The number of ether oxygens (including phenoxy) is 2. The highest BCUT2D eigenvalue weighted by Gasteiger charge is 2.38. The summed E-state index contributed by atoms with van der Waals surface area (Å²) >= 11 is 0. The Morgan fingerprint density at radius 1 is 0.420 bits per heavy atom. The molecule has 5 amide bonds. The highest BCUT2D eigenvalue weighted by molar-refractivity contribution is 5.96. The van der Waals surface area contributed by atoms with Gasteiger partial charge in [-0.05, 0) is 282 Å². The maximum Gasteiger partial charge on any atom is 0.573 e. The fourth-order valence-electron chi connectivity index (χ4n) is 15.3. The Hall–Kier alpha value is -12.9. The molecule has 0 bridgehead atoms. The molecule has 0 aliphatic heterocycles. The summed E-state index contributed by atoms with van der Waals surface area (Å²) in [5.74, 6) is 0.355. The normalized spacial score (nSPS) is 14.6. The van der Waals surface area contributed by atoms with Crippen LogP contribution in [0.5, 0.6) is 11.5 Å². The highest BCUT2D eigenvalue weighted by Crippen LogP contribution is 2.44. The topological polar surface area (TPSA) is 419 Å². The van der Waals surface area contributed by atoms with Gasteiger partial charge < -0.3 is 35.0 Å². The first-order chi connectivity index (χ1) is 63.9. The molecule has 138 heavy (non-hydrogen) atoms. The summed E-state index contributed by atoms with van der Waals surface area (Å²) in [6.45, 7) is 39.1. The molecule has 38 heteroatoms. The zero-order valence-electron chi connectivity index (χ0n) is 82.1. The average Bonchev–Trinajstić information content (AvgIpc) is 1.62. The Bertz CT molecular complexity index is 6530. The Morgan fingerprint density at radius 2 is 0.804 bits per heavy atom. The van der Waals surface area contributed by atoms with Gasteiger partial charge in [0.25, 0.3) is 0 Å². The van der Waals surface area contributed by atoms with Crippen LogP contribution in [0.15, 0.2) is 140 Å². The number of hydrogen-bond donors (Lipinski definition) is 10. The minimum absolute atomic E-state index is 0.00630. The van der Waals surface area contributed by atoms with Gasteiger partial charge in [0.1, 0.15) is 50.3 Å². The van der Waals surface area contributed by atoms with Crippen molar-refractivity contribution in [3.05, 3.63) is 174 Å². The number of aryl methyl sites for hydroxylation is 3. The molecule has 10 aromatic heterocycles. The lowest BCUT2D eigenvalue weighted by Crippen LogP contribution is -2.31. The fourth-order valence-corrected chi connectivity index (χ4v) is 15.3. The first-order valence-electron chi connectivity index (χ1n) is 45.6. The number of nitrogens with zero attached hydrogens (tertiary/aromatic N) is 15. The molecule has 2 saturated carbocycles.